The van der Waals surface area contributed by atoms with Gasteiger partial charge in [-0.3, -0.25) is 4.79 Å². The van der Waals surface area contributed by atoms with Gasteiger partial charge in [0.1, 0.15) is 5.82 Å². The summed E-state index contributed by atoms with van der Waals surface area (Å²) in [7, 11) is -3.20. The predicted octanol–water partition coefficient (Wildman–Crippen LogP) is 3.98. The van der Waals surface area contributed by atoms with Gasteiger partial charge in [0.15, 0.2) is 15.0 Å². The Morgan fingerprint density at radius 2 is 1.93 bits per heavy atom. The van der Waals surface area contributed by atoms with Crippen LogP contribution in [0.25, 0.3) is 0 Å². The minimum absolute atomic E-state index is 0.00544. The molecule has 0 bridgehead atoms. The van der Waals surface area contributed by atoms with Crippen molar-refractivity contribution in [3.63, 3.8) is 0 Å². The predicted molar refractivity (Wildman–Crippen MR) is 115 cm³/mol. The molecule has 2 aromatic carbocycles. The van der Waals surface area contributed by atoms with Gasteiger partial charge in [0, 0.05) is 16.0 Å². The average Bonchev–Trinajstić information content (AvgIpc) is 3.10. The number of carbonyl (C=O) groups excluding carboxylic acids is 1. The van der Waals surface area contributed by atoms with Crippen molar-refractivity contribution in [1.29, 1.82) is 0 Å². The molecule has 1 amide bonds. The zero-order valence-electron chi connectivity index (χ0n) is 14.9. The summed E-state index contributed by atoms with van der Waals surface area (Å²) < 4.78 is 37.8. The Kier molecular flexibility index (Phi) is 5.63. The molecule has 0 unspecified atom stereocenters. The van der Waals surface area contributed by atoms with Gasteiger partial charge in [-0.2, -0.15) is 4.99 Å². The maximum absolute atomic E-state index is 13.6. The minimum Gasteiger partial charge on any atom is -0.316 e. The number of rotatable bonds is 3. The third-order valence-corrected chi connectivity index (χ3v) is 8.64. The highest BCUT2D eigenvalue weighted by molar-refractivity contribution is 8.16. The summed E-state index contributed by atoms with van der Waals surface area (Å²) in [6, 6.07) is 10.7. The number of amides is 1. The van der Waals surface area contributed by atoms with Crippen LogP contribution in [0, 0.1) is 5.82 Å². The fourth-order valence-electron chi connectivity index (χ4n) is 3.45. The van der Waals surface area contributed by atoms with E-state index in [2.05, 4.69) is 4.99 Å². The molecule has 29 heavy (non-hydrogen) atoms. The second-order valence-corrected chi connectivity index (χ2v) is 11.0. The number of hydrogen-bond donors (Lipinski definition) is 0. The van der Waals surface area contributed by atoms with Crippen molar-refractivity contribution in [3.8, 4) is 0 Å². The standard InChI is InChI=1S/C19H15Cl2FN2O3S2/c20-13-4-2-1-3-11(13)7-18(25)23-19-24(12-5-6-15(22)14(21)8-12)16-9-29(26,27)10-17(16)28-19/h1-6,8,16-17H,7,9-10H2/t16-,17+/m0/s1. The van der Waals surface area contributed by atoms with E-state index < -0.39 is 27.6 Å². The largest absolute Gasteiger partial charge is 0.316 e. The fraction of sp³-hybridized carbons (Fsp3) is 0.263. The van der Waals surface area contributed by atoms with Gasteiger partial charge in [-0.15, -0.1) is 0 Å². The lowest BCUT2D eigenvalue weighted by Crippen LogP contribution is -2.37. The van der Waals surface area contributed by atoms with Crippen LogP contribution in [0.4, 0.5) is 10.1 Å². The molecule has 2 heterocycles. The molecular weight excluding hydrogens is 458 g/mol. The van der Waals surface area contributed by atoms with Crippen molar-refractivity contribution in [2.75, 3.05) is 16.4 Å². The highest BCUT2D eigenvalue weighted by atomic mass is 35.5. The maximum atomic E-state index is 13.6. The van der Waals surface area contributed by atoms with Crippen molar-refractivity contribution in [1.82, 2.24) is 0 Å². The number of aliphatic imine (C=N–C) groups is 1. The zero-order valence-corrected chi connectivity index (χ0v) is 18.0. The smallest absolute Gasteiger partial charge is 0.252 e. The first-order valence-electron chi connectivity index (χ1n) is 8.70. The zero-order chi connectivity index (χ0) is 20.8. The van der Waals surface area contributed by atoms with Crippen molar-refractivity contribution < 1.29 is 17.6 Å². The van der Waals surface area contributed by atoms with Gasteiger partial charge in [0.25, 0.3) is 5.91 Å². The summed E-state index contributed by atoms with van der Waals surface area (Å²) in [5, 5.41) is 0.522. The number of halogens is 3. The van der Waals surface area contributed by atoms with Gasteiger partial charge in [0.05, 0.1) is 29.0 Å². The first-order chi connectivity index (χ1) is 13.7. The van der Waals surface area contributed by atoms with E-state index in [0.29, 0.717) is 21.4 Å². The molecule has 5 nitrogen and oxygen atoms in total. The van der Waals surface area contributed by atoms with E-state index >= 15 is 0 Å². The molecule has 0 N–H and O–H groups in total. The van der Waals surface area contributed by atoms with E-state index in [4.69, 9.17) is 23.2 Å². The maximum Gasteiger partial charge on any atom is 0.252 e. The Hall–Kier alpha value is -1.61. The van der Waals surface area contributed by atoms with Crippen LogP contribution < -0.4 is 4.90 Å². The molecule has 2 saturated heterocycles. The van der Waals surface area contributed by atoms with Gasteiger partial charge in [-0.1, -0.05) is 53.2 Å². The van der Waals surface area contributed by atoms with Gasteiger partial charge >= 0.3 is 0 Å². The van der Waals surface area contributed by atoms with E-state index in [1.54, 1.807) is 29.2 Å². The number of amidine groups is 1. The Morgan fingerprint density at radius 3 is 2.66 bits per heavy atom. The third kappa shape index (κ3) is 4.30. The third-order valence-electron chi connectivity index (χ3n) is 4.77. The van der Waals surface area contributed by atoms with Crippen LogP contribution in [0.1, 0.15) is 5.56 Å². The second kappa shape index (κ2) is 7.91. The van der Waals surface area contributed by atoms with Crippen LogP contribution in [-0.4, -0.2) is 42.3 Å². The highest BCUT2D eigenvalue weighted by Gasteiger charge is 2.49. The number of anilines is 1. The van der Waals surface area contributed by atoms with Gasteiger partial charge in [-0.25, -0.2) is 12.8 Å². The SMILES string of the molecule is O=C(Cc1ccccc1Cl)N=C1S[C@@H]2CS(=O)(=O)C[C@@H]2N1c1ccc(F)c(Cl)c1. The summed E-state index contributed by atoms with van der Waals surface area (Å²) in [6.07, 6.45) is 0.0232. The molecule has 2 aliphatic rings. The van der Waals surface area contributed by atoms with Crippen LogP contribution in [0.3, 0.4) is 0 Å². The molecule has 0 spiro atoms. The van der Waals surface area contributed by atoms with E-state index in [1.807, 2.05) is 0 Å². The molecule has 2 fully saturated rings. The molecule has 2 aliphatic heterocycles. The molecule has 0 aliphatic carbocycles. The lowest BCUT2D eigenvalue weighted by atomic mass is 10.1. The minimum atomic E-state index is -3.20. The normalized spacial score (nSPS) is 24.1. The van der Waals surface area contributed by atoms with Crippen LogP contribution in [0.15, 0.2) is 47.5 Å². The fourth-order valence-corrected chi connectivity index (χ4v) is 7.76. The van der Waals surface area contributed by atoms with Gasteiger partial charge in [0.2, 0.25) is 0 Å². The average molecular weight is 473 g/mol. The number of nitrogens with zero attached hydrogens (tertiary/aromatic N) is 2. The number of carbonyl (C=O) groups is 1. The van der Waals surface area contributed by atoms with Crippen molar-refractivity contribution >= 4 is 61.6 Å². The summed E-state index contributed by atoms with van der Waals surface area (Å²) in [4.78, 5) is 18.5. The monoisotopic (exact) mass is 472 g/mol. The Bertz CT molecular complexity index is 1120. The molecule has 152 valence electrons. The number of hydrogen-bond acceptors (Lipinski definition) is 4. The number of sulfone groups is 1. The second-order valence-electron chi connectivity index (χ2n) is 6.83. The van der Waals surface area contributed by atoms with Gasteiger partial charge in [-0.05, 0) is 29.8 Å². The molecule has 4 rings (SSSR count). The first-order valence-corrected chi connectivity index (χ1v) is 12.2. The summed E-state index contributed by atoms with van der Waals surface area (Å²) in [6.45, 7) is 0. The molecule has 2 atom stereocenters. The van der Waals surface area contributed by atoms with Gasteiger partial charge < -0.3 is 4.90 Å². The summed E-state index contributed by atoms with van der Waals surface area (Å²) >= 11 is 13.3. The van der Waals surface area contributed by atoms with Crippen LogP contribution in [-0.2, 0) is 21.1 Å². The molecule has 2 aromatic rings. The molecular formula is C19H15Cl2FN2O3S2. The summed E-state index contributed by atoms with van der Waals surface area (Å²) in [5.74, 6) is -1.03. The van der Waals surface area contributed by atoms with Crippen LogP contribution in [0.2, 0.25) is 10.0 Å². The molecule has 0 saturated carbocycles. The van der Waals surface area contributed by atoms with E-state index in [1.165, 1.54) is 30.0 Å². The molecule has 0 aromatic heterocycles. The van der Waals surface area contributed by atoms with Crippen molar-refractivity contribution in [3.05, 3.63) is 63.9 Å². The van der Waals surface area contributed by atoms with Crippen molar-refractivity contribution in [2.24, 2.45) is 4.99 Å². The quantitative estimate of drug-likeness (QED) is 0.675. The topological polar surface area (TPSA) is 66.8 Å². The van der Waals surface area contributed by atoms with E-state index in [0.717, 1.165) is 0 Å². The number of benzene rings is 2. The van der Waals surface area contributed by atoms with E-state index in [9.17, 15) is 17.6 Å². The molecule has 0 radical (unpaired) electrons. The van der Waals surface area contributed by atoms with E-state index in [-0.39, 0.29) is 28.2 Å². The number of fused-ring (bicyclic) bond motifs is 1. The Labute approximate surface area is 181 Å². The first kappa shape index (κ1) is 20.7. The Morgan fingerprint density at radius 1 is 1.17 bits per heavy atom. The lowest BCUT2D eigenvalue weighted by molar-refractivity contribution is -0.117. The van der Waals surface area contributed by atoms with Crippen molar-refractivity contribution in [2.45, 2.75) is 17.7 Å². The highest BCUT2D eigenvalue weighted by Crippen LogP contribution is 2.41. The van der Waals surface area contributed by atoms with Crippen LogP contribution in [0.5, 0.6) is 0 Å². The Balaban J connectivity index is 1.67. The lowest BCUT2D eigenvalue weighted by Gasteiger charge is -2.24. The molecule has 10 heteroatoms. The summed E-state index contributed by atoms with van der Waals surface area (Å²) in [5.41, 5.74) is 1.16. The number of thioether (sulfide) groups is 1. The van der Waals surface area contributed by atoms with Crippen LogP contribution >= 0.6 is 35.0 Å².